The van der Waals surface area contributed by atoms with Crippen molar-refractivity contribution in [3.8, 4) is 0 Å². The summed E-state index contributed by atoms with van der Waals surface area (Å²) in [6.45, 7) is 1.19. The van der Waals surface area contributed by atoms with Gasteiger partial charge in [0.1, 0.15) is 5.82 Å². The van der Waals surface area contributed by atoms with E-state index < -0.39 is 10.0 Å². The van der Waals surface area contributed by atoms with Gasteiger partial charge in [-0.2, -0.15) is 4.31 Å². The lowest BCUT2D eigenvalue weighted by Gasteiger charge is -2.15. The molecule has 6 nitrogen and oxygen atoms in total. The standard InChI is InChI=1S/C9H14N4O2S/c10-12-9-7-8(3-4-11-9)16(14,15)13-5-1-2-6-13/h3-4,7H,1-2,5-6,10H2,(H,11,12). The van der Waals surface area contributed by atoms with E-state index in [4.69, 9.17) is 5.84 Å². The summed E-state index contributed by atoms with van der Waals surface area (Å²) in [6, 6.07) is 2.92. The molecule has 2 heterocycles. The largest absolute Gasteiger partial charge is 0.308 e. The Morgan fingerprint density at radius 3 is 2.69 bits per heavy atom. The number of pyridine rings is 1. The van der Waals surface area contributed by atoms with Crippen molar-refractivity contribution in [3.63, 3.8) is 0 Å². The number of aromatic nitrogens is 1. The van der Waals surface area contributed by atoms with Crippen molar-refractivity contribution in [2.75, 3.05) is 18.5 Å². The van der Waals surface area contributed by atoms with E-state index in [2.05, 4.69) is 10.4 Å². The summed E-state index contributed by atoms with van der Waals surface area (Å²) in [5.74, 6) is 5.54. The minimum atomic E-state index is -3.37. The van der Waals surface area contributed by atoms with Crippen LogP contribution in [0.2, 0.25) is 0 Å². The van der Waals surface area contributed by atoms with Crippen molar-refractivity contribution in [2.24, 2.45) is 5.84 Å². The van der Waals surface area contributed by atoms with Crippen LogP contribution in [0.3, 0.4) is 0 Å². The monoisotopic (exact) mass is 242 g/mol. The highest BCUT2D eigenvalue weighted by Gasteiger charge is 2.27. The first kappa shape index (κ1) is 11.3. The van der Waals surface area contributed by atoms with Crippen LogP contribution in [0.4, 0.5) is 5.82 Å². The van der Waals surface area contributed by atoms with E-state index in [0.29, 0.717) is 18.9 Å². The topological polar surface area (TPSA) is 88.3 Å². The average molecular weight is 242 g/mol. The summed E-state index contributed by atoms with van der Waals surface area (Å²) in [7, 11) is -3.37. The molecule has 1 aromatic heterocycles. The Balaban J connectivity index is 2.34. The maximum atomic E-state index is 12.1. The molecule has 0 aromatic carbocycles. The fraction of sp³-hybridized carbons (Fsp3) is 0.444. The zero-order valence-corrected chi connectivity index (χ0v) is 9.57. The third-order valence-corrected chi connectivity index (χ3v) is 4.48. The van der Waals surface area contributed by atoms with Gasteiger partial charge in [-0.15, -0.1) is 0 Å². The van der Waals surface area contributed by atoms with E-state index >= 15 is 0 Å². The molecule has 0 amide bonds. The predicted molar refractivity (Wildman–Crippen MR) is 60.0 cm³/mol. The lowest BCUT2D eigenvalue weighted by Crippen LogP contribution is -2.28. The SMILES string of the molecule is NNc1cc(S(=O)(=O)N2CCCC2)ccn1. The zero-order chi connectivity index (χ0) is 11.6. The Morgan fingerprint density at radius 1 is 1.38 bits per heavy atom. The van der Waals surface area contributed by atoms with Crippen molar-refractivity contribution >= 4 is 15.8 Å². The number of anilines is 1. The van der Waals surface area contributed by atoms with E-state index in [1.54, 1.807) is 0 Å². The molecule has 3 N–H and O–H groups in total. The normalized spacial score (nSPS) is 17.6. The van der Waals surface area contributed by atoms with Gasteiger partial charge in [0.2, 0.25) is 10.0 Å². The molecule has 0 aliphatic carbocycles. The zero-order valence-electron chi connectivity index (χ0n) is 8.76. The molecule has 0 saturated carbocycles. The molecular weight excluding hydrogens is 228 g/mol. The Morgan fingerprint density at radius 2 is 2.06 bits per heavy atom. The molecule has 0 radical (unpaired) electrons. The van der Waals surface area contributed by atoms with E-state index in [1.165, 1.54) is 22.6 Å². The summed E-state index contributed by atoms with van der Waals surface area (Å²) in [5.41, 5.74) is 2.34. The molecule has 1 aliphatic heterocycles. The van der Waals surface area contributed by atoms with Gasteiger partial charge in [0.15, 0.2) is 0 Å². The minimum absolute atomic E-state index is 0.234. The van der Waals surface area contributed by atoms with Gasteiger partial charge in [-0.25, -0.2) is 19.2 Å². The number of rotatable bonds is 3. The van der Waals surface area contributed by atoms with Gasteiger partial charge in [0.25, 0.3) is 0 Å². The molecule has 1 aliphatic rings. The van der Waals surface area contributed by atoms with Gasteiger partial charge in [0, 0.05) is 25.4 Å². The van der Waals surface area contributed by atoms with Crippen LogP contribution in [0.15, 0.2) is 23.2 Å². The molecule has 88 valence electrons. The smallest absolute Gasteiger partial charge is 0.243 e. The average Bonchev–Trinajstić information content (AvgIpc) is 2.83. The molecule has 0 unspecified atom stereocenters. The molecule has 1 aromatic rings. The van der Waals surface area contributed by atoms with Crippen LogP contribution in [0.25, 0.3) is 0 Å². The molecule has 2 rings (SSSR count). The number of sulfonamides is 1. The number of hydrogen-bond donors (Lipinski definition) is 2. The first-order chi connectivity index (χ1) is 7.64. The molecule has 7 heteroatoms. The van der Waals surface area contributed by atoms with Gasteiger partial charge in [-0.1, -0.05) is 0 Å². The Labute approximate surface area is 94.5 Å². The quantitative estimate of drug-likeness (QED) is 0.582. The third kappa shape index (κ3) is 2.01. The number of nitrogens with zero attached hydrogens (tertiary/aromatic N) is 2. The lowest BCUT2D eigenvalue weighted by atomic mass is 10.4. The Kier molecular flexibility index (Phi) is 3.08. The van der Waals surface area contributed by atoms with E-state index in [1.807, 2.05) is 0 Å². The Bertz CT molecular complexity index is 468. The second kappa shape index (κ2) is 4.36. The van der Waals surface area contributed by atoms with Crippen LogP contribution in [0.5, 0.6) is 0 Å². The highest BCUT2D eigenvalue weighted by molar-refractivity contribution is 7.89. The van der Waals surface area contributed by atoms with Gasteiger partial charge in [-0.05, 0) is 18.9 Å². The molecule has 1 saturated heterocycles. The molecule has 0 spiro atoms. The Hall–Kier alpha value is -1.18. The number of nitrogens with two attached hydrogens (primary N) is 1. The first-order valence-corrected chi connectivity index (χ1v) is 6.51. The van der Waals surface area contributed by atoms with Crippen LogP contribution in [0.1, 0.15) is 12.8 Å². The van der Waals surface area contributed by atoms with Crippen LogP contribution in [-0.4, -0.2) is 30.8 Å². The van der Waals surface area contributed by atoms with Crippen LogP contribution >= 0.6 is 0 Å². The second-order valence-corrected chi connectivity index (χ2v) is 5.57. The van der Waals surface area contributed by atoms with Crippen LogP contribution in [0, 0.1) is 0 Å². The summed E-state index contributed by atoms with van der Waals surface area (Å²) in [4.78, 5) is 4.11. The summed E-state index contributed by atoms with van der Waals surface area (Å²) in [5, 5.41) is 0. The maximum absolute atomic E-state index is 12.1. The fourth-order valence-electron chi connectivity index (χ4n) is 1.73. The van der Waals surface area contributed by atoms with Crippen LogP contribution in [-0.2, 0) is 10.0 Å². The molecule has 0 atom stereocenters. The van der Waals surface area contributed by atoms with E-state index in [0.717, 1.165) is 12.8 Å². The van der Waals surface area contributed by atoms with Gasteiger partial charge in [-0.3, -0.25) is 0 Å². The number of hydrazine groups is 1. The lowest BCUT2D eigenvalue weighted by molar-refractivity contribution is 0.477. The maximum Gasteiger partial charge on any atom is 0.243 e. The van der Waals surface area contributed by atoms with Crippen molar-refractivity contribution in [3.05, 3.63) is 18.3 Å². The molecule has 1 fully saturated rings. The van der Waals surface area contributed by atoms with Gasteiger partial charge >= 0.3 is 0 Å². The van der Waals surface area contributed by atoms with Gasteiger partial charge in [0.05, 0.1) is 4.90 Å². The van der Waals surface area contributed by atoms with Gasteiger partial charge < -0.3 is 5.43 Å². The third-order valence-electron chi connectivity index (χ3n) is 2.58. The highest BCUT2D eigenvalue weighted by atomic mass is 32.2. The fourth-order valence-corrected chi connectivity index (χ4v) is 3.26. The van der Waals surface area contributed by atoms with E-state index in [9.17, 15) is 8.42 Å². The first-order valence-electron chi connectivity index (χ1n) is 5.07. The number of hydrogen-bond acceptors (Lipinski definition) is 5. The number of nitrogen functional groups attached to an aromatic ring is 1. The highest BCUT2D eigenvalue weighted by Crippen LogP contribution is 2.21. The minimum Gasteiger partial charge on any atom is -0.308 e. The molecule has 0 bridgehead atoms. The summed E-state index contributed by atoms with van der Waals surface area (Å²) < 4.78 is 25.8. The molecule has 16 heavy (non-hydrogen) atoms. The van der Waals surface area contributed by atoms with Crippen molar-refractivity contribution in [2.45, 2.75) is 17.7 Å². The van der Waals surface area contributed by atoms with Crippen molar-refractivity contribution in [1.29, 1.82) is 0 Å². The van der Waals surface area contributed by atoms with E-state index in [-0.39, 0.29) is 4.90 Å². The van der Waals surface area contributed by atoms with Crippen LogP contribution < -0.4 is 11.3 Å². The molecular formula is C9H14N4O2S. The van der Waals surface area contributed by atoms with Crippen molar-refractivity contribution in [1.82, 2.24) is 9.29 Å². The predicted octanol–water partition coefficient (Wildman–Crippen LogP) is 0.152. The summed E-state index contributed by atoms with van der Waals surface area (Å²) >= 11 is 0. The summed E-state index contributed by atoms with van der Waals surface area (Å²) in [6.07, 6.45) is 3.27. The number of nitrogens with one attached hydrogen (secondary N) is 1. The second-order valence-electron chi connectivity index (χ2n) is 3.63. The van der Waals surface area contributed by atoms with Crippen molar-refractivity contribution < 1.29 is 8.42 Å².